The van der Waals surface area contributed by atoms with E-state index in [1.165, 1.54) is 4.70 Å². The Morgan fingerprint density at radius 1 is 1.07 bits per heavy atom. The lowest BCUT2D eigenvalue weighted by atomic mass is 10.1. The highest BCUT2D eigenvalue weighted by Crippen LogP contribution is 2.23. The molecule has 1 aliphatic rings. The number of ether oxygens (including phenoxy) is 1. The molecule has 0 unspecified atom stereocenters. The monoisotopic (exact) mass is 409 g/mol. The third-order valence-electron chi connectivity index (χ3n) is 5.04. The molecule has 2 heterocycles. The zero-order valence-corrected chi connectivity index (χ0v) is 17.8. The van der Waals surface area contributed by atoms with Gasteiger partial charge in [0.05, 0.1) is 23.4 Å². The van der Waals surface area contributed by atoms with E-state index in [1.807, 2.05) is 35.2 Å². The van der Waals surface area contributed by atoms with Crippen LogP contribution in [0, 0.1) is 5.92 Å². The lowest BCUT2D eigenvalue weighted by Gasteiger charge is -2.34. The summed E-state index contributed by atoms with van der Waals surface area (Å²) in [5.41, 5.74) is 1.80. The van der Waals surface area contributed by atoms with Crippen LogP contribution in [-0.2, 0) is 6.54 Å². The fraction of sp³-hybridized carbons (Fsp3) is 0.391. The number of carbonyl (C=O) groups excluding carboxylic acids is 1. The lowest BCUT2D eigenvalue weighted by molar-refractivity contribution is 0.0628. The van der Waals surface area contributed by atoms with Gasteiger partial charge in [-0.05, 0) is 42.3 Å². The maximum absolute atomic E-state index is 12.8. The second kappa shape index (κ2) is 8.93. The SMILES string of the molecule is CC(C)COc1ccc(C(=O)N2CCN(Cc3nc4ccccc4s3)CC2)cc1. The molecule has 0 radical (unpaired) electrons. The van der Waals surface area contributed by atoms with E-state index in [4.69, 9.17) is 9.72 Å². The molecular formula is C23H27N3O2S. The first kappa shape index (κ1) is 19.9. The molecule has 6 heteroatoms. The summed E-state index contributed by atoms with van der Waals surface area (Å²) in [6, 6.07) is 15.8. The zero-order valence-electron chi connectivity index (χ0n) is 17.0. The minimum absolute atomic E-state index is 0.0973. The van der Waals surface area contributed by atoms with Gasteiger partial charge in [0.1, 0.15) is 10.8 Å². The van der Waals surface area contributed by atoms with Crippen LogP contribution in [0.15, 0.2) is 48.5 Å². The molecule has 0 saturated carbocycles. The normalized spacial score (nSPS) is 15.2. The molecule has 0 N–H and O–H groups in total. The van der Waals surface area contributed by atoms with Crippen molar-refractivity contribution in [3.8, 4) is 5.75 Å². The molecule has 0 spiro atoms. The number of fused-ring (bicyclic) bond motifs is 1. The third-order valence-corrected chi connectivity index (χ3v) is 6.06. The van der Waals surface area contributed by atoms with Gasteiger partial charge in [0.15, 0.2) is 0 Å². The zero-order chi connectivity index (χ0) is 20.2. The molecule has 0 aliphatic carbocycles. The van der Waals surface area contributed by atoms with Crippen molar-refractivity contribution in [2.45, 2.75) is 20.4 Å². The first-order chi connectivity index (χ1) is 14.1. The van der Waals surface area contributed by atoms with Crippen molar-refractivity contribution in [1.29, 1.82) is 0 Å². The van der Waals surface area contributed by atoms with E-state index in [2.05, 4.69) is 36.9 Å². The van der Waals surface area contributed by atoms with Crippen molar-refractivity contribution in [3.63, 3.8) is 0 Å². The van der Waals surface area contributed by atoms with Crippen LogP contribution in [0.1, 0.15) is 29.2 Å². The predicted molar refractivity (Wildman–Crippen MR) is 118 cm³/mol. The molecule has 152 valence electrons. The summed E-state index contributed by atoms with van der Waals surface area (Å²) in [7, 11) is 0. The molecule has 1 aliphatic heterocycles. The van der Waals surface area contributed by atoms with Gasteiger partial charge < -0.3 is 9.64 Å². The Kier molecular flexibility index (Phi) is 6.11. The van der Waals surface area contributed by atoms with Gasteiger partial charge in [-0.15, -0.1) is 11.3 Å². The highest BCUT2D eigenvalue weighted by Gasteiger charge is 2.23. The molecule has 1 aromatic heterocycles. The van der Waals surface area contributed by atoms with Crippen molar-refractivity contribution in [3.05, 3.63) is 59.1 Å². The van der Waals surface area contributed by atoms with E-state index in [-0.39, 0.29) is 5.91 Å². The standard InChI is InChI=1S/C23H27N3O2S/c1-17(2)16-28-19-9-7-18(8-10-19)23(27)26-13-11-25(12-14-26)15-22-24-20-5-3-4-6-21(20)29-22/h3-10,17H,11-16H2,1-2H3. The largest absolute Gasteiger partial charge is 0.493 e. The Balaban J connectivity index is 1.30. The van der Waals surface area contributed by atoms with Gasteiger partial charge in [-0.1, -0.05) is 26.0 Å². The van der Waals surface area contributed by atoms with Crippen LogP contribution in [-0.4, -0.2) is 53.5 Å². The average Bonchev–Trinajstić information content (AvgIpc) is 3.15. The predicted octanol–water partition coefficient (Wildman–Crippen LogP) is 4.29. The first-order valence-corrected chi connectivity index (χ1v) is 11.0. The van der Waals surface area contributed by atoms with Crippen molar-refractivity contribution in [2.24, 2.45) is 5.92 Å². The third kappa shape index (κ3) is 4.95. The van der Waals surface area contributed by atoms with Gasteiger partial charge in [-0.3, -0.25) is 9.69 Å². The molecule has 29 heavy (non-hydrogen) atoms. The number of rotatable bonds is 6. The fourth-order valence-corrected chi connectivity index (χ4v) is 4.44. The quantitative estimate of drug-likeness (QED) is 0.609. The van der Waals surface area contributed by atoms with Crippen molar-refractivity contribution < 1.29 is 9.53 Å². The van der Waals surface area contributed by atoms with E-state index >= 15 is 0 Å². The number of carbonyl (C=O) groups is 1. The van der Waals surface area contributed by atoms with Crippen LogP contribution in [0.5, 0.6) is 5.75 Å². The van der Waals surface area contributed by atoms with Gasteiger partial charge >= 0.3 is 0 Å². The number of para-hydroxylation sites is 1. The number of nitrogens with zero attached hydrogens (tertiary/aromatic N) is 3. The molecule has 1 fully saturated rings. The van der Waals surface area contributed by atoms with E-state index in [0.717, 1.165) is 54.6 Å². The fourth-order valence-electron chi connectivity index (χ4n) is 3.43. The van der Waals surface area contributed by atoms with Crippen LogP contribution < -0.4 is 4.74 Å². The number of thiazole rings is 1. The second-order valence-corrected chi connectivity index (χ2v) is 8.99. The number of benzene rings is 2. The Morgan fingerprint density at radius 2 is 1.79 bits per heavy atom. The number of piperazine rings is 1. The van der Waals surface area contributed by atoms with Crippen molar-refractivity contribution >= 4 is 27.5 Å². The maximum Gasteiger partial charge on any atom is 0.253 e. The molecule has 5 nitrogen and oxygen atoms in total. The number of hydrogen-bond donors (Lipinski definition) is 0. The Bertz CT molecular complexity index is 927. The Labute approximate surface area is 175 Å². The number of hydrogen-bond acceptors (Lipinski definition) is 5. The van der Waals surface area contributed by atoms with Gasteiger partial charge in [0.25, 0.3) is 5.91 Å². The molecule has 2 aromatic carbocycles. The smallest absolute Gasteiger partial charge is 0.253 e. The molecule has 0 atom stereocenters. The van der Waals surface area contributed by atoms with Gasteiger partial charge in [-0.25, -0.2) is 4.98 Å². The number of amides is 1. The van der Waals surface area contributed by atoms with E-state index in [9.17, 15) is 4.79 Å². The highest BCUT2D eigenvalue weighted by atomic mass is 32.1. The summed E-state index contributed by atoms with van der Waals surface area (Å²) in [5.74, 6) is 1.39. The Hall–Kier alpha value is -2.44. The van der Waals surface area contributed by atoms with Gasteiger partial charge in [0, 0.05) is 31.7 Å². The second-order valence-electron chi connectivity index (χ2n) is 7.87. The van der Waals surface area contributed by atoms with E-state index < -0.39 is 0 Å². The molecule has 1 saturated heterocycles. The number of aromatic nitrogens is 1. The highest BCUT2D eigenvalue weighted by molar-refractivity contribution is 7.18. The van der Waals surface area contributed by atoms with Crippen molar-refractivity contribution in [2.75, 3.05) is 32.8 Å². The summed E-state index contributed by atoms with van der Waals surface area (Å²) < 4.78 is 6.94. The van der Waals surface area contributed by atoms with Gasteiger partial charge in [0.2, 0.25) is 0 Å². The first-order valence-electron chi connectivity index (χ1n) is 10.2. The maximum atomic E-state index is 12.8. The summed E-state index contributed by atoms with van der Waals surface area (Å²) in [6.45, 7) is 9.01. The van der Waals surface area contributed by atoms with E-state index in [1.54, 1.807) is 11.3 Å². The van der Waals surface area contributed by atoms with Crippen LogP contribution in [0.25, 0.3) is 10.2 Å². The van der Waals surface area contributed by atoms with Crippen LogP contribution >= 0.6 is 11.3 Å². The minimum atomic E-state index is 0.0973. The van der Waals surface area contributed by atoms with Crippen LogP contribution in [0.4, 0.5) is 0 Å². The summed E-state index contributed by atoms with van der Waals surface area (Å²) in [4.78, 5) is 21.9. The summed E-state index contributed by atoms with van der Waals surface area (Å²) in [6.07, 6.45) is 0. The minimum Gasteiger partial charge on any atom is -0.493 e. The van der Waals surface area contributed by atoms with Crippen LogP contribution in [0.2, 0.25) is 0 Å². The Morgan fingerprint density at radius 3 is 2.48 bits per heavy atom. The van der Waals surface area contributed by atoms with E-state index in [0.29, 0.717) is 12.5 Å². The lowest BCUT2D eigenvalue weighted by Crippen LogP contribution is -2.48. The van der Waals surface area contributed by atoms with Crippen LogP contribution in [0.3, 0.4) is 0 Å². The molecule has 3 aromatic rings. The van der Waals surface area contributed by atoms with Gasteiger partial charge in [-0.2, -0.15) is 0 Å². The van der Waals surface area contributed by atoms with Crippen molar-refractivity contribution in [1.82, 2.24) is 14.8 Å². The molecule has 4 rings (SSSR count). The average molecular weight is 410 g/mol. The molecular weight excluding hydrogens is 382 g/mol. The summed E-state index contributed by atoms with van der Waals surface area (Å²) in [5, 5.41) is 1.14. The topological polar surface area (TPSA) is 45.7 Å². The summed E-state index contributed by atoms with van der Waals surface area (Å²) >= 11 is 1.76. The molecule has 1 amide bonds. The molecule has 0 bridgehead atoms.